The van der Waals surface area contributed by atoms with E-state index in [0.29, 0.717) is 23.7 Å². The second-order valence-electron chi connectivity index (χ2n) is 6.12. The number of quaternary nitrogens is 1. The van der Waals surface area contributed by atoms with E-state index >= 15 is 0 Å². The number of hydrogen-bond acceptors (Lipinski definition) is 3. The number of likely N-dealkylation sites (N-methyl/N-ethyl adjacent to an activating group) is 1. The van der Waals surface area contributed by atoms with E-state index in [1.807, 2.05) is 0 Å². The Morgan fingerprint density at radius 2 is 1.67 bits per heavy atom. The Bertz CT molecular complexity index is 777. The van der Waals surface area contributed by atoms with Crippen LogP contribution < -0.4 is 19.7 Å². The van der Waals surface area contributed by atoms with Crippen LogP contribution in [0.3, 0.4) is 0 Å². The van der Waals surface area contributed by atoms with E-state index in [-0.39, 0.29) is 12.5 Å². The smallest absolute Gasteiger partial charge is 0.416 e. The maximum absolute atomic E-state index is 12.6. The number of hydrogen-bond donors (Lipinski definition) is 2. The number of amides is 1. The second kappa shape index (κ2) is 8.77. The molecule has 0 aliphatic heterocycles. The van der Waals surface area contributed by atoms with E-state index in [1.54, 1.807) is 25.2 Å². The number of rotatable bonds is 7. The van der Waals surface area contributed by atoms with Gasteiger partial charge in [-0.2, -0.15) is 13.2 Å². The van der Waals surface area contributed by atoms with E-state index in [1.165, 1.54) is 26.4 Å². The first-order valence-corrected chi connectivity index (χ1v) is 8.22. The number of methoxy groups -OCH3 is 2. The van der Waals surface area contributed by atoms with Gasteiger partial charge in [-0.1, -0.05) is 12.1 Å². The van der Waals surface area contributed by atoms with Crippen molar-refractivity contribution in [3.8, 4) is 11.5 Å². The number of carbonyl (C=O) groups is 1. The minimum atomic E-state index is -4.35. The molecule has 0 aromatic heterocycles. The third-order valence-electron chi connectivity index (χ3n) is 3.92. The third kappa shape index (κ3) is 5.89. The maximum atomic E-state index is 12.6. The summed E-state index contributed by atoms with van der Waals surface area (Å²) in [6, 6.07) is 10.00. The molecule has 1 unspecified atom stereocenters. The highest BCUT2D eigenvalue weighted by atomic mass is 19.4. The lowest BCUT2D eigenvalue weighted by molar-refractivity contribution is -0.885. The first-order valence-electron chi connectivity index (χ1n) is 8.22. The number of alkyl halides is 3. The summed E-state index contributed by atoms with van der Waals surface area (Å²) in [5.74, 6) is 0.841. The Morgan fingerprint density at radius 1 is 1.04 bits per heavy atom. The van der Waals surface area contributed by atoms with Crippen molar-refractivity contribution in [3.63, 3.8) is 0 Å². The van der Waals surface area contributed by atoms with Gasteiger partial charge >= 0.3 is 6.18 Å². The summed E-state index contributed by atoms with van der Waals surface area (Å²) >= 11 is 0. The Kier molecular flexibility index (Phi) is 6.68. The highest BCUT2D eigenvalue weighted by molar-refractivity contribution is 5.91. The van der Waals surface area contributed by atoms with Crippen LogP contribution in [0, 0.1) is 0 Å². The van der Waals surface area contributed by atoms with Gasteiger partial charge in [-0.3, -0.25) is 4.79 Å². The summed E-state index contributed by atoms with van der Waals surface area (Å²) in [7, 11) is 4.83. The molecule has 1 atom stereocenters. The number of halogens is 3. The lowest BCUT2D eigenvalue weighted by Crippen LogP contribution is -3.08. The normalized spacial score (nSPS) is 12.4. The van der Waals surface area contributed by atoms with Gasteiger partial charge in [0.2, 0.25) is 0 Å². The van der Waals surface area contributed by atoms with Crippen LogP contribution in [0.1, 0.15) is 11.1 Å². The number of nitrogens with one attached hydrogen (secondary N) is 2. The molecule has 2 aromatic rings. The molecular formula is C19H22F3N2O3+. The minimum Gasteiger partial charge on any atom is -0.493 e. The van der Waals surface area contributed by atoms with Crippen molar-refractivity contribution >= 4 is 11.6 Å². The van der Waals surface area contributed by atoms with Crippen LogP contribution in [0.4, 0.5) is 18.9 Å². The summed E-state index contributed by atoms with van der Waals surface area (Å²) in [4.78, 5) is 13.0. The van der Waals surface area contributed by atoms with Crippen LogP contribution in [0.2, 0.25) is 0 Å². The average Bonchev–Trinajstić information content (AvgIpc) is 2.61. The predicted octanol–water partition coefficient (Wildman–Crippen LogP) is 2.38. The molecule has 2 aromatic carbocycles. The molecule has 0 aliphatic rings. The van der Waals surface area contributed by atoms with Crippen molar-refractivity contribution in [3.05, 3.63) is 53.6 Å². The summed E-state index contributed by atoms with van der Waals surface area (Å²) in [5.41, 5.74) is 0.606. The van der Waals surface area contributed by atoms with Crippen LogP contribution in [0.5, 0.6) is 11.5 Å². The third-order valence-corrected chi connectivity index (χ3v) is 3.92. The summed E-state index contributed by atoms with van der Waals surface area (Å²) in [5, 5.41) is 2.77. The van der Waals surface area contributed by atoms with E-state index in [4.69, 9.17) is 9.47 Å². The largest absolute Gasteiger partial charge is 0.493 e. The van der Waals surface area contributed by atoms with Gasteiger partial charge in [0.1, 0.15) is 6.54 Å². The molecule has 0 saturated carbocycles. The quantitative estimate of drug-likeness (QED) is 0.772. The van der Waals surface area contributed by atoms with Crippen LogP contribution in [0.25, 0.3) is 0 Å². The number of anilines is 1. The van der Waals surface area contributed by atoms with Crippen LogP contribution in [-0.2, 0) is 17.5 Å². The Balaban J connectivity index is 1.92. The zero-order valence-corrected chi connectivity index (χ0v) is 15.3. The van der Waals surface area contributed by atoms with Gasteiger partial charge in [-0.15, -0.1) is 0 Å². The van der Waals surface area contributed by atoms with Gasteiger partial charge in [-0.05, 0) is 24.3 Å². The van der Waals surface area contributed by atoms with Gasteiger partial charge in [-0.25, -0.2) is 0 Å². The first-order chi connectivity index (χ1) is 12.7. The molecule has 8 heteroatoms. The second-order valence-corrected chi connectivity index (χ2v) is 6.12. The Hall–Kier alpha value is -2.74. The minimum absolute atomic E-state index is 0.162. The zero-order valence-electron chi connectivity index (χ0n) is 15.3. The summed E-state index contributed by atoms with van der Waals surface area (Å²) in [6.07, 6.45) is -4.35. The fourth-order valence-corrected chi connectivity index (χ4v) is 2.62. The standard InChI is InChI=1S/C19H21F3N2O3/c1-24(11-13-4-6-14(7-5-13)19(20,21)22)12-18(25)23-15-8-9-16(26-2)17(10-15)27-3/h4-10H,11-12H2,1-3H3,(H,23,25)/p+1. The van der Waals surface area contributed by atoms with Crippen molar-refractivity contribution in [2.75, 3.05) is 33.1 Å². The lowest BCUT2D eigenvalue weighted by Gasteiger charge is -2.15. The highest BCUT2D eigenvalue weighted by Crippen LogP contribution is 2.30. The topological polar surface area (TPSA) is 52.0 Å². The Morgan fingerprint density at radius 3 is 2.22 bits per heavy atom. The molecule has 2 rings (SSSR count). The van der Waals surface area contributed by atoms with E-state index in [2.05, 4.69) is 5.32 Å². The number of carbonyl (C=O) groups excluding carboxylic acids is 1. The van der Waals surface area contributed by atoms with Gasteiger partial charge in [0.25, 0.3) is 5.91 Å². The molecule has 5 nitrogen and oxygen atoms in total. The zero-order chi connectivity index (χ0) is 20.0. The van der Waals surface area contributed by atoms with Crippen molar-refractivity contribution < 1.29 is 32.3 Å². The molecule has 2 N–H and O–H groups in total. The van der Waals surface area contributed by atoms with Gasteiger partial charge in [0, 0.05) is 17.3 Å². The first kappa shape index (κ1) is 20.6. The highest BCUT2D eigenvalue weighted by Gasteiger charge is 2.30. The van der Waals surface area contributed by atoms with Crippen molar-refractivity contribution in [2.45, 2.75) is 12.7 Å². The molecule has 27 heavy (non-hydrogen) atoms. The lowest BCUT2D eigenvalue weighted by atomic mass is 10.1. The van der Waals surface area contributed by atoms with Crippen molar-refractivity contribution in [1.29, 1.82) is 0 Å². The van der Waals surface area contributed by atoms with E-state index < -0.39 is 11.7 Å². The van der Waals surface area contributed by atoms with Crippen LogP contribution >= 0.6 is 0 Å². The van der Waals surface area contributed by atoms with Gasteiger partial charge in [0.05, 0.1) is 26.8 Å². The molecule has 0 aliphatic carbocycles. The fraction of sp³-hybridized carbons (Fsp3) is 0.316. The number of ether oxygens (including phenoxy) is 2. The van der Waals surface area contributed by atoms with Gasteiger partial charge in [0.15, 0.2) is 18.0 Å². The van der Waals surface area contributed by atoms with E-state index in [9.17, 15) is 18.0 Å². The monoisotopic (exact) mass is 383 g/mol. The molecule has 0 radical (unpaired) electrons. The SMILES string of the molecule is COc1ccc(NC(=O)C[NH+](C)Cc2ccc(C(F)(F)F)cc2)cc1OC. The van der Waals surface area contributed by atoms with Crippen LogP contribution in [0.15, 0.2) is 42.5 Å². The average molecular weight is 383 g/mol. The molecule has 1 amide bonds. The van der Waals surface area contributed by atoms with Crippen molar-refractivity contribution in [2.24, 2.45) is 0 Å². The van der Waals surface area contributed by atoms with Crippen LogP contribution in [-0.4, -0.2) is 33.7 Å². The van der Waals surface area contributed by atoms with Gasteiger partial charge < -0.3 is 19.7 Å². The summed E-state index contributed by atoms with van der Waals surface area (Å²) < 4.78 is 48.1. The fourth-order valence-electron chi connectivity index (χ4n) is 2.62. The molecule has 0 bridgehead atoms. The molecule has 0 spiro atoms. The molecule has 0 fully saturated rings. The Labute approximate surface area is 155 Å². The molecule has 146 valence electrons. The van der Waals surface area contributed by atoms with E-state index in [0.717, 1.165) is 22.6 Å². The molecule has 0 saturated heterocycles. The number of benzene rings is 2. The molecule has 0 heterocycles. The maximum Gasteiger partial charge on any atom is 0.416 e. The predicted molar refractivity (Wildman–Crippen MR) is 95.1 cm³/mol. The summed E-state index contributed by atoms with van der Waals surface area (Å²) in [6.45, 7) is 0.590. The molecular weight excluding hydrogens is 361 g/mol. The van der Waals surface area contributed by atoms with Crippen molar-refractivity contribution in [1.82, 2.24) is 0 Å².